The van der Waals surface area contributed by atoms with Crippen molar-refractivity contribution in [3.05, 3.63) is 29.3 Å². The third-order valence-electron chi connectivity index (χ3n) is 4.28. The van der Waals surface area contributed by atoms with Crippen molar-refractivity contribution in [2.24, 2.45) is 0 Å². The second kappa shape index (κ2) is 6.92. The molecule has 0 aliphatic rings. The van der Waals surface area contributed by atoms with Gasteiger partial charge in [0.2, 0.25) is 0 Å². The summed E-state index contributed by atoms with van der Waals surface area (Å²) in [5, 5.41) is 5.80. The fourth-order valence-electron chi connectivity index (χ4n) is 2.42. The standard InChI is InChI=1S/C16H24N2S2/c1-5-16(6-2,19-4)11-18-12(3)13-9-15-14(17-10-13)7-8-20-15/h7-10,12,18H,5-6,11H2,1-4H3. The normalized spacial score (nSPS) is 13.8. The molecular weight excluding hydrogens is 284 g/mol. The molecule has 0 amide bonds. The highest BCUT2D eigenvalue weighted by Gasteiger charge is 2.25. The first-order valence-electron chi connectivity index (χ1n) is 7.26. The monoisotopic (exact) mass is 308 g/mol. The molecule has 0 saturated carbocycles. The molecule has 2 nitrogen and oxygen atoms in total. The fourth-order valence-corrected chi connectivity index (χ4v) is 4.01. The molecule has 4 heteroatoms. The van der Waals surface area contributed by atoms with E-state index in [4.69, 9.17) is 0 Å². The average molecular weight is 309 g/mol. The van der Waals surface area contributed by atoms with Crippen molar-refractivity contribution >= 4 is 33.3 Å². The lowest BCUT2D eigenvalue weighted by atomic mass is 10.0. The smallest absolute Gasteiger partial charge is 0.0809 e. The Morgan fingerprint density at radius 1 is 1.40 bits per heavy atom. The average Bonchev–Trinajstić information content (AvgIpc) is 2.96. The van der Waals surface area contributed by atoms with Crippen LogP contribution in [0.15, 0.2) is 23.7 Å². The largest absolute Gasteiger partial charge is 0.309 e. The minimum atomic E-state index is 0.346. The molecule has 0 aromatic carbocycles. The number of hydrogen-bond donors (Lipinski definition) is 1. The molecule has 0 fully saturated rings. The lowest BCUT2D eigenvalue weighted by Gasteiger charge is -2.31. The first-order chi connectivity index (χ1) is 9.64. The van der Waals surface area contributed by atoms with Gasteiger partial charge in [0.1, 0.15) is 0 Å². The Hall–Kier alpha value is -0.580. The summed E-state index contributed by atoms with van der Waals surface area (Å²) in [6.07, 6.45) is 6.63. The molecule has 2 aromatic heterocycles. The summed E-state index contributed by atoms with van der Waals surface area (Å²) in [7, 11) is 0. The quantitative estimate of drug-likeness (QED) is 0.790. The van der Waals surface area contributed by atoms with Crippen LogP contribution in [-0.4, -0.2) is 22.5 Å². The van der Waals surface area contributed by atoms with Crippen molar-refractivity contribution in [2.75, 3.05) is 12.8 Å². The molecule has 0 spiro atoms. The molecule has 1 unspecified atom stereocenters. The molecule has 0 aliphatic heterocycles. The van der Waals surface area contributed by atoms with Crippen LogP contribution in [0.5, 0.6) is 0 Å². The van der Waals surface area contributed by atoms with Gasteiger partial charge in [0, 0.05) is 23.5 Å². The van der Waals surface area contributed by atoms with Crippen LogP contribution in [-0.2, 0) is 0 Å². The highest BCUT2D eigenvalue weighted by atomic mass is 32.2. The van der Waals surface area contributed by atoms with Gasteiger partial charge in [-0.3, -0.25) is 4.98 Å². The molecule has 2 aromatic rings. The Balaban J connectivity index is 2.05. The number of aromatic nitrogens is 1. The Kier molecular flexibility index (Phi) is 5.47. The SMILES string of the molecule is CCC(CC)(CNC(C)c1cnc2ccsc2c1)SC. The maximum atomic E-state index is 4.53. The van der Waals surface area contributed by atoms with Crippen molar-refractivity contribution in [3.8, 4) is 0 Å². The number of rotatable bonds is 7. The van der Waals surface area contributed by atoms with Crippen molar-refractivity contribution in [3.63, 3.8) is 0 Å². The molecule has 1 atom stereocenters. The first-order valence-corrected chi connectivity index (χ1v) is 9.36. The molecule has 0 bridgehead atoms. The summed E-state index contributed by atoms with van der Waals surface area (Å²) in [6, 6.07) is 4.69. The second-order valence-electron chi connectivity index (χ2n) is 5.27. The van der Waals surface area contributed by atoms with Gasteiger partial charge in [-0.05, 0) is 49.1 Å². The zero-order chi connectivity index (χ0) is 14.6. The summed E-state index contributed by atoms with van der Waals surface area (Å²) in [4.78, 5) is 4.53. The molecule has 2 rings (SSSR count). The maximum Gasteiger partial charge on any atom is 0.0809 e. The molecular formula is C16H24N2S2. The van der Waals surface area contributed by atoms with Crippen molar-refractivity contribution in [1.29, 1.82) is 0 Å². The molecule has 20 heavy (non-hydrogen) atoms. The van der Waals surface area contributed by atoms with E-state index < -0.39 is 0 Å². The number of hydrogen-bond acceptors (Lipinski definition) is 4. The summed E-state index contributed by atoms with van der Waals surface area (Å²) in [5.74, 6) is 0. The molecule has 0 saturated heterocycles. The summed E-state index contributed by atoms with van der Waals surface area (Å²) in [6.45, 7) is 7.84. The van der Waals surface area contributed by atoms with Crippen molar-refractivity contribution in [2.45, 2.75) is 44.4 Å². The summed E-state index contributed by atoms with van der Waals surface area (Å²) in [5.41, 5.74) is 2.38. The van der Waals surface area contributed by atoms with E-state index in [1.807, 2.05) is 18.0 Å². The third kappa shape index (κ3) is 3.35. The number of nitrogens with zero attached hydrogens (tertiary/aromatic N) is 1. The van der Waals surface area contributed by atoms with Gasteiger partial charge in [-0.25, -0.2) is 0 Å². The van der Waals surface area contributed by atoms with Crippen LogP contribution >= 0.6 is 23.1 Å². The van der Waals surface area contributed by atoms with E-state index in [0.717, 1.165) is 12.1 Å². The predicted molar refractivity (Wildman–Crippen MR) is 92.9 cm³/mol. The Labute approximate surface area is 130 Å². The summed E-state index contributed by atoms with van der Waals surface area (Å²) >= 11 is 3.74. The Morgan fingerprint density at radius 2 is 2.15 bits per heavy atom. The van der Waals surface area contributed by atoms with Gasteiger partial charge in [0.15, 0.2) is 0 Å². The zero-order valence-electron chi connectivity index (χ0n) is 12.8. The lowest BCUT2D eigenvalue weighted by molar-refractivity contribution is 0.459. The van der Waals surface area contributed by atoms with Crippen molar-refractivity contribution < 1.29 is 0 Å². The van der Waals surface area contributed by atoms with E-state index in [1.54, 1.807) is 11.3 Å². The number of fused-ring (bicyclic) bond motifs is 1. The van der Waals surface area contributed by atoms with Gasteiger partial charge in [0.05, 0.1) is 10.2 Å². The van der Waals surface area contributed by atoms with E-state index in [9.17, 15) is 0 Å². The molecule has 0 radical (unpaired) electrons. The molecule has 0 aliphatic carbocycles. The van der Waals surface area contributed by atoms with E-state index in [0.29, 0.717) is 10.8 Å². The van der Waals surface area contributed by atoms with Gasteiger partial charge >= 0.3 is 0 Å². The molecule has 1 N–H and O–H groups in total. The van der Waals surface area contributed by atoms with Crippen LogP contribution in [0.25, 0.3) is 10.2 Å². The van der Waals surface area contributed by atoms with Crippen LogP contribution in [0, 0.1) is 0 Å². The lowest BCUT2D eigenvalue weighted by Crippen LogP contribution is -2.37. The van der Waals surface area contributed by atoms with Gasteiger partial charge in [-0.1, -0.05) is 13.8 Å². The summed E-state index contributed by atoms with van der Waals surface area (Å²) < 4.78 is 1.63. The maximum absolute atomic E-state index is 4.53. The van der Waals surface area contributed by atoms with Crippen LogP contribution in [0.2, 0.25) is 0 Å². The predicted octanol–water partition coefficient (Wildman–Crippen LogP) is 4.87. The molecule has 2 heterocycles. The minimum absolute atomic E-state index is 0.346. The van der Waals surface area contributed by atoms with Crippen LogP contribution in [0.4, 0.5) is 0 Å². The zero-order valence-corrected chi connectivity index (χ0v) is 14.4. The van der Waals surface area contributed by atoms with Crippen LogP contribution in [0.1, 0.15) is 45.2 Å². The van der Waals surface area contributed by atoms with Crippen LogP contribution in [0.3, 0.4) is 0 Å². The van der Waals surface area contributed by atoms with Gasteiger partial charge < -0.3 is 5.32 Å². The highest BCUT2D eigenvalue weighted by Crippen LogP contribution is 2.30. The Morgan fingerprint density at radius 3 is 2.80 bits per heavy atom. The third-order valence-corrected chi connectivity index (χ3v) is 6.72. The van der Waals surface area contributed by atoms with Crippen molar-refractivity contribution in [1.82, 2.24) is 10.3 Å². The Bertz CT molecular complexity index is 538. The van der Waals surface area contributed by atoms with Crippen LogP contribution < -0.4 is 5.32 Å². The van der Waals surface area contributed by atoms with Gasteiger partial charge in [-0.2, -0.15) is 11.8 Å². The first kappa shape index (κ1) is 15.8. The second-order valence-corrected chi connectivity index (χ2v) is 7.49. The number of thioether (sulfide) groups is 1. The van der Waals surface area contributed by atoms with Gasteiger partial charge in [0.25, 0.3) is 0 Å². The highest BCUT2D eigenvalue weighted by molar-refractivity contribution is 8.00. The molecule has 110 valence electrons. The number of thiophene rings is 1. The fraction of sp³-hybridized carbons (Fsp3) is 0.562. The number of pyridine rings is 1. The van der Waals surface area contributed by atoms with E-state index in [1.165, 1.54) is 23.1 Å². The van der Waals surface area contributed by atoms with E-state index in [2.05, 4.69) is 54.8 Å². The van der Waals surface area contributed by atoms with E-state index in [-0.39, 0.29) is 0 Å². The topological polar surface area (TPSA) is 24.9 Å². The minimum Gasteiger partial charge on any atom is -0.309 e. The number of nitrogens with one attached hydrogen (secondary N) is 1. The van der Waals surface area contributed by atoms with E-state index >= 15 is 0 Å². The van der Waals surface area contributed by atoms with Gasteiger partial charge in [-0.15, -0.1) is 11.3 Å².